The summed E-state index contributed by atoms with van der Waals surface area (Å²) in [5, 5.41) is 16.1. The highest BCUT2D eigenvalue weighted by atomic mass is 32.2. The fraction of sp³-hybridized carbons (Fsp3) is 0.250. The topological polar surface area (TPSA) is 130 Å². The van der Waals surface area contributed by atoms with E-state index in [1.807, 2.05) is 0 Å². The van der Waals surface area contributed by atoms with Crippen molar-refractivity contribution >= 4 is 27.3 Å². The van der Waals surface area contributed by atoms with Crippen LogP contribution >= 0.6 is 0 Å². The van der Waals surface area contributed by atoms with Gasteiger partial charge in [-0.15, -0.1) is 6.58 Å². The Morgan fingerprint density at radius 1 is 1.45 bits per heavy atom. The lowest BCUT2D eigenvalue weighted by atomic mass is 10.2. The number of carbonyl (C=O) groups is 1. The molecule has 0 aliphatic heterocycles. The molecule has 1 rings (SSSR count). The van der Waals surface area contributed by atoms with Gasteiger partial charge in [-0.05, 0) is 19.2 Å². The maximum absolute atomic E-state index is 11.6. The first kappa shape index (κ1) is 17.6. The van der Waals surface area contributed by atoms with Gasteiger partial charge in [-0.3, -0.25) is 14.9 Å². The molecule has 0 heterocycles. The van der Waals surface area contributed by atoms with Crippen molar-refractivity contribution in [3.05, 3.63) is 41.0 Å². The second kappa shape index (κ2) is 7.52. The van der Waals surface area contributed by atoms with E-state index in [1.54, 1.807) is 0 Å². The van der Waals surface area contributed by atoms with Gasteiger partial charge in [-0.1, -0.05) is 6.08 Å². The standard InChI is InChI=1S/C12H16N4O5S/c1-3-6-14-12(17)8-15-10-5-4-9(22(20,21)13-2)7-11(10)16(18)19/h3-5,7,13,15H,1,6,8H2,2H3,(H,14,17). The van der Waals surface area contributed by atoms with E-state index >= 15 is 0 Å². The molecule has 0 radical (unpaired) electrons. The van der Waals surface area contributed by atoms with Crippen LogP contribution < -0.4 is 15.4 Å². The molecule has 1 aromatic rings. The van der Waals surface area contributed by atoms with E-state index < -0.39 is 20.6 Å². The number of nitro benzene ring substituents is 1. The van der Waals surface area contributed by atoms with Crippen molar-refractivity contribution in [2.75, 3.05) is 25.5 Å². The highest BCUT2D eigenvalue weighted by Gasteiger charge is 2.20. The Morgan fingerprint density at radius 3 is 2.68 bits per heavy atom. The number of rotatable bonds is 8. The molecule has 0 aromatic heterocycles. The van der Waals surface area contributed by atoms with Crippen molar-refractivity contribution < 1.29 is 18.1 Å². The molecule has 120 valence electrons. The van der Waals surface area contributed by atoms with Crippen molar-refractivity contribution in [2.24, 2.45) is 0 Å². The van der Waals surface area contributed by atoms with Crippen molar-refractivity contribution in [2.45, 2.75) is 4.90 Å². The molecule has 3 N–H and O–H groups in total. The molecule has 0 saturated heterocycles. The number of sulfonamides is 1. The van der Waals surface area contributed by atoms with E-state index in [0.717, 1.165) is 6.07 Å². The van der Waals surface area contributed by atoms with Crippen molar-refractivity contribution in [1.82, 2.24) is 10.0 Å². The number of hydrogen-bond donors (Lipinski definition) is 3. The minimum atomic E-state index is -3.79. The molecule has 0 fully saturated rings. The van der Waals surface area contributed by atoms with Crippen LogP contribution in [0, 0.1) is 10.1 Å². The zero-order chi connectivity index (χ0) is 16.8. The molecule has 0 atom stereocenters. The maximum Gasteiger partial charge on any atom is 0.293 e. The third-order valence-corrected chi connectivity index (χ3v) is 4.04. The van der Waals surface area contributed by atoms with Crippen LogP contribution in [0.5, 0.6) is 0 Å². The highest BCUT2D eigenvalue weighted by Crippen LogP contribution is 2.27. The number of nitrogens with one attached hydrogen (secondary N) is 3. The largest absolute Gasteiger partial charge is 0.371 e. The molecule has 9 nitrogen and oxygen atoms in total. The average Bonchev–Trinajstić information content (AvgIpc) is 2.50. The molecule has 1 amide bonds. The second-order valence-electron chi connectivity index (χ2n) is 4.09. The zero-order valence-corrected chi connectivity index (χ0v) is 12.6. The predicted molar refractivity (Wildman–Crippen MR) is 81.0 cm³/mol. The predicted octanol–water partition coefficient (Wildman–Crippen LogP) is 0.217. The van der Waals surface area contributed by atoms with E-state index in [4.69, 9.17) is 0 Å². The van der Waals surface area contributed by atoms with Crippen molar-refractivity contribution in [3.8, 4) is 0 Å². The third kappa shape index (κ3) is 4.53. The van der Waals surface area contributed by atoms with Gasteiger partial charge in [-0.25, -0.2) is 13.1 Å². The van der Waals surface area contributed by atoms with Gasteiger partial charge < -0.3 is 10.6 Å². The van der Waals surface area contributed by atoms with Gasteiger partial charge in [0.2, 0.25) is 15.9 Å². The summed E-state index contributed by atoms with van der Waals surface area (Å²) < 4.78 is 25.4. The van der Waals surface area contributed by atoms with Crippen LogP contribution in [-0.4, -0.2) is 39.4 Å². The lowest BCUT2D eigenvalue weighted by molar-refractivity contribution is -0.384. The Bertz CT molecular complexity index is 687. The third-order valence-electron chi connectivity index (χ3n) is 2.63. The minimum absolute atomic E-state index is 0.0498. The number of amides is 1. The maximum atomic E-state index is 11.6. The number of carbonyl (C=O) groups excluding carboxylic acids is 1. The molecular weight excluding hydrogens is 312 g/mol. The summed E-state index contributed by atoms with van der Waals surface area (Å²) >= 11 is 0. The second-order valence-corrected chi connectivity index (χ2v) is 5.98. The number of nitrogens with zero attached hydrogens (tertiary/aromatic N) is 1. The Labute approximate surface area is 127 Å². The summed E-state index contributed by atoms with van der Waals surface area (Å²) in [5.41, 5.74) is -0.387. The molecule has 0 bridgehead atoms. The quantitative estimate of drug-likeness (QED) is 0.355. The number of hydrogen-bond acceptors (Lipinski definition) is 6. The van der Waals surface area contributed by atoms with Crippen LogP contribution in [0.3, 0.4) is 0 Å². The van der Waals surface area contributed by atoms with Gasteiger partial charge in [0.05, 0.1) is 16.4 Å². The number of benzene rings is 1. The smallest absolute Gasteiger partial charge is 0.293 e. The minimum Gasteiger partial charge on any atom is -0.371 e. The van der Waals surface area contributed by atoms with Crippen molar-refractivity contribution in [1.29, 1.82) is 0 Å². The van der Waals surface area contributed by atoms with E-state index in [-0.39, 0.29) is 29.6 Å². The molecule has 0 saturated carbocycles. The van der Waals surface area contributed by atoms with Crippen LogP contribution in [-0.2, 0) is 14.8 Å². The molecule has 10 heteroatoms. The summed E-state index contributed by atoms with van der Waals surface area (Å²) in [6.07, 6.45) is 1.50. The van der Waals surface area contributed by atoms with Gasteiger partial charge >= 0.3 is 0 Å². The average molecular weight is 328 g/mol. The molecule has 0 aliphatic carbocycles. The van der Waals surface area contributed by atoms with E-state index in [2.05, 4.69) is 21.9 Å². The van der Waals surface area contributed by atoms with E-state index in [9.17, 15) is 23.3 Å². The van der Waals surface area contributed by atoms with Gasteiger partial charge in [0.25, 0.3) is 5.69 Å². The van der Waals surface area contributed by atoms with Gasteiger partial charge in [0, 0.05) is 12.6 Å². The van der Waals surface area contributed by atoms with Crippen LogP contribution in [0.4, 0.5) is 11.4 Å². The first-order valence-electron chi connectivity index (χ1n) is 6.15. The van der Waals surface area contributed by atoms with Crippen LogP contribution in [0.1, 0.15) is 0 Å². The molecule has 22 heavy (non-hydrogen) atoms. The van der Waals surface area contributed by atoms with Gasteiger partial charge in [0.1, 0.15) is 5.69 Å². The number of anilines is 1. The summed E-state index contributed by atoms with van der Waals surface area (Å²) in [5.74, 6) is -0.374. The first-order chi connectivity index (χ1) is 10.3. The van der Waals surface area contributed by atoms with Gasteiger partial charge in [0.15, 0.2) is 0 Å². The summed E-state index contributed by atoms with van der Waals surface area (Å²) in [6.45, 7) is 3.53. The Morgan fingerprint density at radius 2 is 2.14 bits per heavy atom. The normalized spacial score (nSPS) is 10.8. The fourth-order valence-corrected chi connectivity index (χ4v) is 2.27. The lowest BCUT2D eigenvalue weighted by Crippen LogP contribution is -2.30. The van der Waals surface area contributed by atoms with Crippen LogP contribution in [0.2, 0.25) is 0 Å². The van der Waals surface area contributed by atoms with E-state index in [1.165, 1.54) is 25.3 Å². The summed E-state index contributed by atoms with van der Waals surface area (Å²) in [7, 11) is -2.58. The summed E-state index contributed by atoms with van der Waals surface area (Å²) in [6, 6.07) is 3.38. The van der Waals surface area contributed by atoms with Crippen molar-refractivity contribution in [3.63, 3.8) is 0 Å². The molecule has 1 aromatic carbocycles. The summed E-state index contributed by atoms with van der Waals surface area (Å²) in [4.78, 5) is 21.5. The van der Waals surface area contributed by atoms with E-state index in [0.29, 0.717) is 0 Å². The molecule has 0 aliphatic rings. The molecule has 0 spiro atoms. The lowest BCUT2D eigenvalue weighted by Gasteiger charge is -2.09. The van der Waals surface area contributed by atoms with Gasteiger partial charge in [-0.2, -0.15) is 0 Å². The molecular formula is C12H16N4O5S. The Kier molecular flexibility index (Phi) is 6.01. The number of nitro groups is 1. The Balaban J connectivity index is 2.99. The van der Waals surface area contributed by atoms with Crippen LogP contribution in [0.15, 0.2) is 35.7 Å². The molecule has 0 unspecified atom stereocenters. The fourth-order valence-electron chi connectivity index (χ4n) is 1.52. The zero-order valence-electron chi connectivity index (χ0n) is 11.8. The first-order valence-corrected chi connectivity index (χ1v) is 7.63. The SMILES string of the molecule is C=CCNC(=O)CNc1ccc(S(=O)(=O)NC)cc1[N+](=O)[O-]. The highest BCUT2D eigenvalue weighted by molar-refractivity contribution is 7.89. The monoisotopic (exact) mass is 328 g/mol. The van der Waals surface area contributed by atoms with Crippen LogP contribution in [0.25, 0.3) is 0 Å². The Hall–Kier alpha value is -2.46.